The first-order valence-electron chi connectivity index (χ1n) is 7.07. The van der Waals surface area contributed by atoms with Crippen LogP contribution in [0.2, 0.25) is 15.1 Å². The second-order valence-electron chi connectivity index (χ2n) is 4.90. The van der Waals surface area contributed by atoms with Crippen LogP contribution in [0.4, 0.5) is 5.69 Å². The average molecular weight is 414 g/mol. The summed E-state index contributed by atoms with van der Waals surface area (Å²) in [5, 5.41) is 12.2. The van der Waals surface area contributed by atoms with E-state index in [2.05, 4.69) is 15.5 Å². The summed E-state index contributed by atoms with van der Waals surface area (Å²) in [5.41, 5.74) is 1.33. The van der Waals surface area contributed by atoms with Crippen molar-refractivity contribution in [2.24, 2.45) is 0 Å². The second kappa shape index (κ2) is 8.10. The first kappa shape index (κ1) is 18.1. The zero-order valence-electron chi connectivity index (χ0n) is 12.6. The van der Waals surface area contributed by atoms with Gasteiger partial charge in [-0.2, -0.15) is 0 Å². The van der Waals surface area contributed by atoms with Crippen molar-refractivity contribution >= 4 is 58.2 Å². The number of nitrogens with zero attached hydrogens (tertiary/aromatic N) is 3. The van der Waals surface area contributed by atoms with Crippen LogP contribution in [0.3, 0.4) is 0 Å². The third-order valence-electron chi connectivity index (χ3n) is 3.17. The molecule has 25 heavy (non-hydrogen) atoms. The van der Waals surface area contributed by atoms with Crippen LogP contribution in [0.25, 0.3) is 5.69 Å². The highest BCUT2D eigenvalue weighted by molar-refractivity contribution is 7.99. The zero-order valence-corrected chi connectivity index (χ0v) is 15.7. The van der Waals surface area contributed by atoms with Crippen LogP contribution in [0.5, 0.6) is 0 Å². The van der Waals surface area contributed by atoms with Gasteiger partial charge in [0.1, 0.15) is 6.33 Å². The Morgan fingerprint density at radius 3 is 2.56 bits per heavy atom. The molecule has 0 aliphatic carbocycles. The van der Waals surface area contributed by atoms with Gasteiger partial charge in [-0.25, -0.2) is 0 Å². The minimum Gasteiger partial charge on any atom is -0.324 e. The monoisotopic (exact) mass is 412 g/mol. The molecule has 0 fully saturated rings. The average Bonchev–Trinajstić information content (AvgIpc) is 3.07. The SMILES string of the molecule is O=C(CSc1nncn1-c1ccccc1)Nc1cc(Cl)c(Cl)cc1Cl. The molecule has 0 saturated heterocycles. The van der Waals surface area contributed by atoms with Crippen LogP contribution < -0.4 is 5.32 Å². The van der Waals surface area contributed by atoms with E-state index in [1.165, 1.54) is 23.9 Å². The summed E-state index contributed by atoms with van der Waals surface area (Å²) in [7, 11) is 0. The van der Waals surface area contributed by atoms with Gasteiger partial charge in [0, 0.05) is 5.69 Å². The molecular weight excluding hydrogens is 403 g/mol. The molecule has 3 aromatic rings. The van der Waals surface area contributed by atoms with E-state index in [4.69, 9.17) is 34.8 Å². The van der Waals surface area contributed by atoms with E-state index in [-0.39, 0.29) is 11.7 Å². The molecule has 128 valence electrons. The molecule has 9 heteroatoms. The number of para-hydroxylation sites is 1. The molecule has 0 saturated carbocycles. The molecule has 3 rings (SSSR count). The maximum absolute atomic E-state index is 12.2. The molecule has 0 unspecified atom stereocenters. The number of carbonyl (C=O) groups excluding carboxylic acids is 1. The van der Waals surface area contributed by atoms with Gasteiger partial charge in [0.25, 0.3) is 0 Å². The largest absolute Gasteiger partial charge is 0.324 e. The van der Waals surface area contributed by atoms with E-state index in [9.17, 15) is 4.79 Å². The van der Waals surface area contributed by atoms with Crippen molar-refractivity contribution in [3.63, 3.8) is 0 Å². The van der Waals surface area contributed by atoms with E-state index in [0.29, 0.717) is 25.9 Å². The maximum Gasteiger partial charge on any atom is 0.234 e. The highest BCUT2D eigenvalue weighted by Crippen LogP contribution is 2.32. The Morgan fingerprint density at radius 1 is 1.08 bits per heavy atom. The van der Waals surface area contributed by atoms with Gasteiger partial charge >= 0.3 is 0 Å². The van der Waals surface area contributed by atoms with Gasteiger partial charge in [-0.15, -0.1) is 10.2 Å². The Labute approximate surface area is 163 Å². The molecule has 0 radical (unpaired) electrons. The number of halogens is 3. The Morgan fingerprint density at radius 2 is 1.80 bits per heavy atom. The lowest BCUT2D eigenvalue weighted by molar-refractivity contribution is -0.113. The third kappa shape index (κ3) is 4.46. The summed E-state index contributed by atoms with van der Waals surface area (Å²) in [6.07, 6.45) is 1.60. The lowest BCUT2D eigenvalue weighted by atomic mass is 10.3. The van der Waals surface area contributed by atoms with Gasteiger partial charge in [0.15, 0.2) is 5.16 Å². The van der Waals surface area contributed by atoms with Crippen molar-refractivity contribution in [3.8, 4) is 5.69 Å². The molecule has 1 amide bonds. The van der Waals surface area contributed by atoms with Crippen molar-refractivity contribution in [3.05, 3.63) is 63.9 Å². The number of aromatic nitrogens is 3. The fourth-order valence-electron chi connectivity index (χ4n) is 2.02. The quantitative estimate of drug-likeness (QED) is 0.474. The summed E-state index contributed by atoms with van der Waals surface area (Å²) < 4.78 is 1.81. The van der Waals surface area contributed by atoms with E-state index in [0.717, 1.165) is 5.69 Å². The van der Waals surface area contributed by atoms with Gasteiger partial charge in [0.2, 0.25) is 5.91 Å². The molecular formula is C16H11Cl3N4OS. The number of carbonyl (C=O) groups is 1. The molecule has 0 aliphatic heterocycles. The first-order chi connectivity index (χ1) is 12.0. The number of hydrogen-bond acceptors (Lipinski definition) is 4. The van der Waals surface area contributed by atoms with Gasteiger partial charge in [0.05, 0.1) is 26.5 Å². The predicted molar refractivity (Wildman–Crippen MR) is 102 cm³/mol. The van der Waals surface area contributed by atoms with Crippen LogP contribution in [-0.2, 0) is 4.79 Å². The van der Waals surface area contributed by atoms with Crippen LogP contribution >= 0.6 is 46.6 Å². The van der Waals surface area contributed by atoms with Crippen LogP contribution in [0, 0.1) is 0 Å². The third-order valence-corrected chi connectivity index (χ3v) is 5.15. The van der Waals surface area contributed by atoms with Crippen molar-refractivity contribution in [2.45, 2.75) is 5.16 Å². The molecule has 0 atom stereocenters. The van der Waals surface area contributed by atoms with Gasteiger partial charge in [-0.1, -0.05) is 64.8 Å². The van der Waals surface area contributed by atoms with Crippen molar-refractivity contribution in [2.75, 3.05) is 11.1 Å². The van der Waals surface area contributed by atoms with E-state index >= 15 is 0 Å². The van der Waals surface area contributed by atoms with Gasteiger partial charge in [-0.3, -0.25) is 9.36 Å². The predicted octanol–water partition coefficient (Wildman–Crippen LogP) is 4.96. The van der Waals surface area contributed by atoms with Crippen molar-refractivity contribution in [1.82, 2.24) is 14.8 Å². The fourth-order valence-corrected chi connectivity index (χ4v) is 3.35. The minimum atomic E-state index is -0.243. The number of amides is 1. The smallest absolute Gasteiger partial charge is 0.234 e. The topological polar surface area (TPSA) is 59.8 Å². The molecule has 5 nitrogen and oxygen atoms in total. The molecule has 0 spiro atoms. The number of thioether (sulfide) groups is 1. The summed E-state index contributed by atoms with van der Waals surface area (Å²) >= 11 is 19.1. The zero-order chi connectivity index (χ0) is 17.8. The van der Waals surface area contributed by atoms with E-state index in [1.807, 2.05) is 34.9 Å². The van der Waals surface area contributed by atoms with E-state index < -0.39 is 0 Å². The Bertz CT molecular complexity index is 902. The van der Waals surface area contributed by atoms with Crippen LogP contribution in [-0.4, -0.2) is 26.4 Å². The van der Waals surface area contributed by atoms with E-state index in [1.54, 1.807) is 6.33 Å². The molecule has 0 bridgehead atoms. The minimum absolute atomic E-state index is 0.141. The summed E-state index contributed by atoms with van der Waals surface area (Å²) in [5.74, 6) is -0.102. The lowest BCUT2D eigenvalue weighted by Crippen LogP contribution is -2.15. The maximum atomic E-state index is 12.2. The summed E-state index contributed by atoms with van der Waals surface area (Å²) in [6.45, 7) is 0. The number of anilines is 1. The highest BCUT2D eigenvalue weighted by atomic mass is 35.5. The number of rotatable bonds is 5. The number of hydrogen-bond donors (Lipinski definition) is 1. The van der Waals surface area contributed by atoms with Gasteiger partial charge < -0.3 is 5.32 Å². The Hall–Kier alpha value is -1.73. The highest BCUT2D eigenvalue weighted by Gasteiger charge is 2.12. The summed E-state index contributed by atoms with van der Waals surface area (Å²) in [6, 6.07) is 12.6. The van der Waals surface area contributed by atoms with Gasteiger partial charge in [-0.05, 0) is 24.3 Å². The molecule has 2 aromatic carbocycles. The molecule has 1 N–H and O–H groups in total. The molecule has 1 heterocycles. The lowest BCUT2D eigenvalue weighted by Gasteiger charge is -2.09. The van der Waals surface area contributed by atoms with Crippen molar-refractivity contribution in [1.29, 1.82) is 0 Å². The van der Waals surface area contributed by atoms with Crippen LogP contribution in [0.15, 0.2) is 53.9 Å². The first-order valence-corrected chi connectivity index (χ1v) is 9.19. The Balaban J connectivity index is 1.66. The summed E-state index contributed by atoms with van der Waals surface area (Å²) in [4.78, 5) is 12.2. The fraction of sp³-hybridized carbons (Fsp3) is 0.0625. The second-order valence-corrected chi connectivity index (χ2v) is 7.07. The van der Waals surface area contributed by atoms with Crippen molar-refractivity contribution < 1.29 is 4.79 Å². The standard InChI is InChI=1S/C16H11Cl3N4OS/c17-11-6-13(19)14(7-12(11)18)21-15(24)8-25-16-22-20-9-23(16)10-4-2-1-3-5-10/h1-7,9H,8H2,(H,21,24). The number of benzene rings is 2. The normalized spacial score (nSPS) is 10.7. The molecule has 0 aliphatic rings. The number of nitrogens with one attached hydrogen (secondary N) is 1. The Kier molecular flexibility index (Phi) is 5.86. The molecule has 1 aromatic heterocycles. The van der Waals surface area contributed by atoms with Crippen LogP contribution in [0.1, 0.15) is 0 Å².